The zero-order valence-electron chi connectivity index (χ0n) is 12.0. The fraction of sp³-hybridized carbons (Fsp3) is 0.333. The van der Waals surface area contributed by atoms with Crippen LogP contribution in [-0.4, -0.2) is 36.6 Å². The molecule has 2 aromatic rings. The van der Waals surface area contributed by atoms with E-state index < -0.39 is 33.5 Å². The highest BCUT2D eigenvalue weighted by Gasteiger charge is 2.31. The van der Waals surface area contributed by atoms with E-state index in [0.717, 1.165) is 25.4 Å². The van der Waals surface area contributed by atoms with Gasteiger partial charge in [-0.25, -0.2) is 13.4 Å². The molecular weight excluding hydrogens is 339 g/mol. The number of alkyl halides is 3. The fourth-order valence-electron chi connectivity index (χ4n) is 1.84. The number of rotatable bonds is 4. The van der Waals surface area contributed by atoms with Crippen molar-refractivity contribution < 1.29 is 31.1 Å². The van der Waals surface area contributed by atoms with Crippen LogP contribution in [0.3, 0.4) is 0 Å². The summed E-state index contributed by atoms with van der Waals surface area (Å²) in [6.07, 6.45) is -3.40. The zero-order valence-corrected chi connectivity index (χ0v) is 12.8. The number of fused-ring (bicyclic) bond motifs is 1. The van der Waals surface area contributed by atoms with Gasteiger partial charge in [-0.15, -0.1) is 0 Å². The molecule has 0 saturated carbocycles. The van der Waals surface area contributed by atoms with Crippen molar-refractivity contribution in [2.24, 2.45) is 0 Å². The zero-order chi connectivity index (χ0) is 17.4. The molecule has 2 heterocycles. The summed E-state index contributed by atoms with van der Waals surface area (Å²) in [5, 5.41) is 0. The fourth-order valence-corrected chi connectivity index (χ4v) is 2.83. The molecule has 1 N–H and O–H groups in total. The Morgan fingerprint density at radius 3 is 2.65 bits per heavy atom. The van der Waals surface area contributed by atoms with Gasteiger partial charge < -0.3 is 9.14 Å². The van der Waals surface area contributed by atoms with E-state index in [2.05, 4.69) is 14.4 Å². The number of sulfonamides is 1. The van der Waals surface area contributed by atoms with Crippen molar-refractivity contribution in [2.45, 2.75) is 13.1 Å². The second-order valence-electron chi connectivity index (χ2n) is 4.62. The molecule has 0 radical (unpaired) electrons. The molecule has 0 bridgehead atoms. The van der Waals surface area contributed by atoms with E-state index in [4.69, 9.17) is 0 Å². The molecule has 0 aliphatic rings. The molecule has 0 aliphatic heterocycles. The van der Waals surface area contributed by atoms with Crippen LogP contribution in [0.5, 0.6) is 0 Å². The number of ether oxygens (including phenoxy) is 1. The first kappa shape index (κ1) is 17.1. The van der Waals surface area contributed by atoms with Gasteiger partial charge in [-0.2, -0.15) is 13.2 Å². The first-order valence-electron chi connectivity index (χ1n) is 6.17. The van der Waals surface area contributed by atoms with Crippen molar-refractivity contribution in [1.82, 2.24) is 9.38 Å². The molecule has 23 heavy (non-hydrogen) atoms. The van der Waals surface area contributed by atoms with Gasteiger partial charge >= 0.3 is 12.1 Å². The quantitative estimate of drug-likeness (QED) is 0.845. The molecule has 0 fully saturated rings. The van der Waals surface area contributed by atoms with E-state index in [1.807, 2.05) is 0 Å². The van der Waals surface area contributed by atoms with Crippen LogP contribution in [0.25, 0.3) is 5.65 Å². The number of halogens is 3. The monoisotopic (exact) mass is 351 g/mol. The molecule has 126 valence electrons. The lowest BCUT2D eigenvalue weighted by atomic mass is 10.2. The third-order valence-corrected chi connectivity index (χ3v) is 4.10. The maximum atomic E-state index is 12.7. The Morgan fingerprint density at radius 1 is 1.43 bits per heavy atom. The van der Waals surface area contributed by atoms with Gasteiger partial charge in [0.05, 0.1) is 18.4 Å². The second-order valence-corrected chi connectivity index (χ2v) is 6.35. The molecule has 0 unspecified atom stereocenters. The summed E-state index contributed by atoms with van der Waals surface area (Å²) < 4.78 is 69.2. The Morgan fingerprint density at radius 2 is 2.09 bits per heavy atom. The number of esters is 1. The maximum absolute atomic E-state index is 12.7. The molecule has 2 rings (SSSR count). The van der Waals surface area contributed by atoms with E-state index in [1.165, 1.54) is 11.3 Å². The van der Waals surface area contributed by atoms with Crippen LogP contribution in [0.4, 0.5) is 19.0 Å². The summed E-state index contributed by atoms with van der Waals surface area (Å²) in [5.41, 5.74) is -0.700. The molecule has 0 aromatic carbocycles. The summed E-state index contributed by atoms with van der Waals surface area (Å²) in [5.74, 6) is -2.06. The van der Waals surface area contributed by atoms with Gasteiger partial charge in [0.25, 0.3) is 0 Å². The number of aryl methyl sites for hydroxylation is 1. The molecule has 11 heteroatoms. The van der Waals surface area contributed by atoms with E-state index >= 15 is 0 Å². The second kappa shape index (κ2) is 5.72. The lowest BCUT2D eigenvalue weighted by Gasteiger charge is -2.06. The summed E-state index contributed by atoms with van der Waals surface area (Å²) in [4.78, 5) is 14.9. The summed E-state index contributed by atoms with van der Waals surface area (Å²) in [6, 6.07) is 1.65. The van der Waals surface area contributed by atoms with Crippen LogP contribution in [0.2, 0.25) is 0 Å². The van der Waals surface area contributed by atoms with Crippen LogP contribution in [0.15, 0.2) is 18.3 Å². The van der Waals surface area contributed by atoms with E-state index in [1.54, 1.807) is 0 Å². The van der Waals surface area contributed by atoms with Crippen LogP contribution in [-0.2, 0) is 25.7 Å². The van der Waals surface area contributed by atoms with Gasteiger partial charge in [-0.1, -0.05) is 0 Å². The number of hydrogen-bond donors (Lipinski definition) is 1. The highest BCUT2D eigenvalue weighted by atomic mass is 32.2. The Hall–Kier alpha value is -2.30. The highest BCUT2D eigenvalue weighted by Crippen LogP contribution is 2.30. The predicted molar refractivity (Wildman–Crippen MR) is 74.4 cm³/mol. The Labute approximate surface area is 129 Å². The number of nitrogens with zero attached hydrogens (tertiary/aromatic N) is 2. The molecular formula is C12H12F3N3O4S. The normalized spacial score (nSPS) is 12.4. The number of carbonyl (C=O) groups is 1. The van der Waals surface area contributed by atoms with Crippen LogP contribution < -0.4 is 4.72 Å². The highest BCUT2D eigenvalue weighted by molar-refractivity contribution is 7.93. The molecule has 2 aromatic heterocycles. The number of pyridine rings is 1. The van der Waals surface area contributed by atoms with Crippen molar-refractivity contribution in [3.63, 3.8) is 0 Å². The molecule has 7 nitrogen and oxygen atoms in total. The van der Waals surface area contributed by atoms with Gasteiger partial charge in [0.15, 0.2) is 11.6 Å². The van der Waals surface area contributed by atoms with Gasteiger partial charge in [0.2, 0.25) is 10.0 Å². The number of imidazole rings is 1. The smallest absolute Gasteiger partial charge is 0.416 e. The number of aromatic nitrogens is 2. The lowest BCUT2D eigenvalue weighted by Crippen LogP contribution is -2.24. The van der Waals surface area contributed by atoms with Crippen LogP contribution >= 0.6 is 0 Å². The minimum atomic E-state index is -4.54. The van der Waals surface area contributed by atoms with Crippen molar-refractivity contribution in [2.75, 3.05) is 17.6 Å². The summed E-state index contributed by atoms with van der Waals surface area (Å²) >= 11 is 0. The largest absolute Gasteiger partial charge is 0.468 e. The topological polar surface area (TPSA) is 89.8 Å². The van der Waals surface area contributed by atoms with Gasteiger partial charge in [0.1, 0.15) is 5.65 Å². The van der Waals surface area contributed by atoms with Crippen LogP contribution in [0.1, 0.15) is 11.3 Å². The number of carbonyl (C=O) groups excluding carboxylic acids is 1. The third kappa shape index (κ3) is 3.73. The summed E-state index contributed by atoms with van der Waals surface area (Å²) in [6.45, 7) is 1.48. The number of methoxy groups -OCH3 is 1. The molecule has 0 aliphatic carbocycles. The lowest BCUT2D eigenvalue weighted by molar-refractivity contribution is -0.138. The van der Waals surface area contributed by atoms with E-state index in [-0.39, 0.29) is 17.2 Å². The Balaban J connectivity index is 2.39. The van der Waals surface area contributed by atoms with Gasteiger partial charge in [0, 0.05) is 6.20 Å². The van der Waals surface area contributed by atoms with E-state index in [0.29, 0.717) is 0 Å². The average molecular weight is 351 g/mol. The van der Waals surface area contributed by atoms with Crippen molar-refractivity contribution in [3.8, 4) is 0 Å². The predicted octanol–water partition coefficient (Wildman–Crippen LogP) is 1.58. The minimum Gasteiger partial charge on any atom is -0.468 e. The first-order chi connectivity index (χ1) is 10.5. The molecule has 0 amide bonds. The SMILES string of the molecule is COC(=O)CS(=O)(=O)Nc1nc2cc(C(F)(F)F)ccn2c1C. The summed E-state index contributed by atoms with van der Waals surface area (Å²) in [7, 11) is -3.04. The molecule has 0 atom stereocenters. The molecule has 0 spiro atoms. The van der Waals surface area contributed by atoms with Crippen molar-refractivity contribution in [3.05, 3.63) is 29.6 Å². The Kier molecular flexibility index (Phi) is 4.24. The number of nitrogens with one attached hydrogen (secondary N) is 1. The van der Waals surface area contributed by atoms with Crippen molar-refractivity contribution >= 4 is 27.5 Å². The Bertz CT molecular complexity index is 858. The minimum absolute atomic E-state index is 0.0758. The van der Waals surface area contributed by atoms with Gasteiger partial charge in [-0.05, 0) is 19.1 Å². The third-order valence-electron chi connectivity index (χ3n) is 2.98. The van der Waals surface area contributed by atoms with E-state index in [9.17, 15) is 26.4 Å². The number of anilines is 1. The average Bonchev–Trinajstić information content (AvgIpc) is 2.72. The standard InChI is InChI=1S/C12H12F3N3O4S/c1-7-11(17-23(20,21)6-10(19)22-2)16-9-5-8(12(13,14)15)3-4-18(7)9/h3-5,17H,6H2,1-2H3. The number of hydrogen-bond acceptors (Lipinski definition) is 5. The van der Waals surface area contributed by atoms with Gasteiger partial charge in [-0.3, -0.25) is 9.52 Å². The van der Waals surface area contributed by atoms with Crippen molar-refractivity contribution in [1.29, 1.82) is 0 Å². The van der Waals surface area contributed by atoms with Crippen LogP contribution in [0, 0.1) is 6.92 Å². The first-order valence-corrected chi connectivity index (χ1v) is 7.82. The maximum Gasteiger partial charge on any atom is 0.416 e. The molecule has 0 saturated heterocycles.